The van der Waals surface area contributed by atoms with Crippen molar-refractivity contribution in [3.63, 3.8) is 0 Å². The van der Waals surface area contributed by atoms with Gasteiger partial charge in [0.1, 0.15) is 5.82 Å². The summed E-state index contributed by atoms with van der Waals surface area (Å²) in [7, 11) is 0. The highest BCUT2D eigenvalue weighted by molar-refractivity contribution is 6.11. The number of carbonyl (C=O) groups is 1. The molecule has 0 atom stereocenters. The average Bonchev–Trinajstić information content (AvgIpc) is 2.89. The van der Waals surface area contributed by atoms with Gasteiger partial charge in [-0.3, -0.25) is 4.79 Å². The third kappa shape index (κ3) is 2.32. The van der Waals surface area contributed by atoms with E-state index in [1.54, 1.807) is 24.3 Å². The quantitative estimate of drug-likeness (QED) is 0.698. The first-order chi connectivity index (χ1) is 10.2. The second-order valence-corrected chi connectivity index (χ2v) is 4.27. The van der Waals surface area contributed by atoms with E-state index in [1.807, 2.05) is 6.07 Å². The number of aromatic nitrogens is 4. The van der Waals surface area contributed by atoms with Crippen LogP contribution < -0.4 is 5.73 Å². The maximum Gasteiger partial charge on any atom is 0.315 e. The predicted octanol–water partition coefficient (Wildman–Crippen LogP) is 1.18. The molecular formula is C14H11N5O2. The topological polar surface area (TPSA) is 107 Å². The van der Waals surface area contributed by atoms with Crippen LogP contribution in [0.25, 0.3) is 5.82 Å². The van der Waals surface area contributed by atoms with Gasteiger partial charge in [0.15, 0.2) is 11.6 Å². The molecule has 0 saturated heterocycles. The zero-order valence-corrected chi connectivity index (χ0v) is 10.8. The molecule has 0 aliphatic heterocycles. The minimum absolute atomic E-state index is 0.155. The Bertz CT molecular complexity index is 798. The normalized spacial score (nSPS) is 10.5. The van der Waals surface area contributed by atoms with Crippen molar-refractivity contribution in [1.82, 2.24) is 19.7 Å². The van der Waals surface area contributed by atoms with E-state index in [1.165, 1.54) is 23.1 Å². The SMILES string of the molecule is Nc1c(C(=O)c2ccccc2)cnn1-c1ccnc(O)n1. The predicted molar refractivity (Wildman–Crippen MR) is 75.1 cm³/mol. The average molecular weight is 281 g/mol. The molecule has 2 heterocycles. The van der Waals surface area contributed by atoms with Gasteiger partial charge in [-0.25, -0.2) is 4.98 Å². The molecule has 0 aliphatic rings. The number of anilines is 1. The number of nitrogens with two attached hydrogens (primary N) is 1. The van der Waals surface area contributed by atoms with Crippen molar-refractivity contribution in [2.24, 2.45) is 0 Å². The van der Waals surface area contributed by atoms with Crippen molar-refractivity contribution in [3.8, 4) is 11.8 Å². The standard InChI is InChI=1S/C14H11N5O2/c15-13-10(12(20)9-4-2-1-3-5-9)8-17-19(13)11-6-7-16-14(21)18-11/h1-8H,15H2,(H,16,18,21). The van der Waals surface area contributed by atoms with Crippen LogP contribution in [0.2, 0.25) is 0 Å². The van der Waals surface area contributed by atoms with Crippen LogP contribution in [0.5, 0.6) is 6.01 Å². The lowest BCUT2D eigenvalue weighted by atomic mass is 10.1. The van der Waals surface area contributed by atoms with E-state index in [9.17, 15) is 9.90 Å². The lowest BCUT2D eigenvalue weighted by Gasteiger charge is -2.04. The van der Waals surface area contributed by atoms with Gasteiger partial charge < -0.3 is 10.8 Å². The van der Waals surface area contributed by atoms with Gasteiger partial charge in [0.05, 0.1) is 11.8 Å². The third-order valence-corrected chi connectivity index (χ3v) is 2.93. The number of hydrogen-bond donors (Lipinski definition) is 2. The molecule has 7 nitrogen and oxygen atoms in total. The number of benzene rings is 1. The number of hydrogen-bond acceptors (Lipinski definition) is 6. The Morgan fingerprint density at radius 3 is 2.67 bits per heavy atom. The van der Waals surface area contributed by atoms with E-state index in [0.717, 1.165) is 0 Å². The smallest absolute Gasteiger partial charge is 0.315 e. The van der Waals surface area contributed by atoms with Crippen molar-refractivity contribution >= 4 is 11.6 Å². The Morgan fingerprint density at radius 2 is 1.95 bits per heavy atom. The molecule has 3 aromatic rings. The van der Waals surface area contributed by atoms with E-state index in [4.69, 9.17) is 5.73 Å². The molecular weight excluding hydrogens is 270 g/mol. The number of rotatable bonds is 3. The van der Waals surface area contributed by atoms with Crippen LogP contribution in [0.3, 0.4) is 0 Å². The van der Waals surface area contributed by atoms with Gasteiger partial charge in [0.2, 0.25) is 0 Å². The summed E-state index contributed by atoms with van der Waals surface area (Å²) in [5.74, 6) is 0.215. The van der Waals surface area contributed by atoms with Crippen LogP contribution in [0.4, 0.5) is 5.82 Å². The second kappa shape index (κ2) is 5.04. The summed E-state index contributed by atoms with van der Waals surface area (Å²) < 4.78 is 1.28. The second-order valence-electron chi connectivity index (χ2n) is 4.27. The van der Waals surface area contributed by atoms with E-state index < -0.39 is 6.01 Å². The summed E-state index contributed by atoms with van der Waals surface area (Å²) >= 11 is 0. The zero-order valence-electron chi connectivity index (χ0n) is 10.8. The lowest BCUT2D eigenvalue weighted by Crippen LogP contribution is -2.08. The molecule has 0 aliphatic carbocycles. The fraction of sp³-hybridized carbons (Fsp3) is 0. The molecule has 0 radical (unpaired) electrons. The molecule has 0 amide bonds. The van der Waals surface area contributed by atoms with Crippen molar-refractivity contribution in [3.05, 3.63) is 59.9 Å². The van der Waals surface area contributed by atoms with Crippen molar-refractivity contribution in [2.75, 3.05) is 5.73 Å². The Labute approximate surface area is 119 Å². The molecule has 3 rings (SSSR count). The summed E-state index contributed by atoms with van der Waals surface area (Å²) in [6.07, 6.45) is 2.75. The van der Waals surface area contributed by atoms with Gasteiger partial charge in [-0.2, -0.15) is 14.8 Å². The van der Waals surface area contributed by atoms with Gasteiger partial charge >= 0.3 is 6.01 Å². The fourth-order valence-corrected chi connectivity index (χ4v) is 1.92. The van der Waals surface area contributed by atoms with Crippen molar-refractivity contribution in [2.45, 2.75) is 0 Å². The van der Waals surface area contributed by atoms with Crippen LogP contribution in [0.1, 0.15) is 15.9 Å². The number of ketones is 1. The van der Waals surface area contributed by atoms with Crippen molar-refractivity contribution < 1.29 is 9.90 Å². The van der Waals surface area contributed by atoms with E-state index >= 15 is 0 Å². The molecule has 0 fully saturated rings. The van der Waals surface area contributed by atoms with Crippen LogP contribution in [-0.4, -0.2) is 30.6 Å². The molecule has 2 aromatic heterocycles. The summed E-state index contributed by atoms with van der Waals surface area (Å²) in [6, 6.07) is 9.92. The zero-order chi connectivity index (χ0) is 14.8. The summed E-state index contributed by atoms with van der Waals surface area (Å²) in [5, 5.41) is 13.3. The van der Waals surface area contributed by atoms with Crippen molar-refractivity contribution in [1.29, 1.82) is 0 Å². The Morgan fingerprint density at radius 1 is 1.19 bits per heavy atom. The van der Waals surface area contributed by atoms with Gasteiger partial charge in [0.25, 0.3) is 0 Å². The fourth-order valence-electron chi connectivity index (χ4n) is 1.92. The molecule has 0 spiro atoms. The highest BCUT2D eigenvalue weighted by atomic mass is 16.3. The maximum absolute atomic E-state index is 12.4. The van der Waals surface area contributed by atoms with Crippen LogP contribution in [0.15, 0.2) is 48.8 Å². The number of nitrogen functional groups attached to an aromatic ring is 1. The highest BCUT2D eigenvalue weighted by Crippen LogP contribution is 2.19. The van der Waals surface area contributed by atoms with Gasteiger partial charge in [0, 0.05) is 17.8 Å². The van der Waals surface area contributed by atoms with Crippen LogP contribution >= 0.6 is 0 Å². The molecule has 0 bridgehead atoms. The first-order valence-corrected chi connectivity index (χ1v) is 6.12. The number of nitrogens with zero attached hydrogens (tertiary/aromatic N) is 4. The molecule has 0 unspecified atom stereocenters. The number of carbonyl (C=O) groups excluding carboxylic acids is 1. The third-order valence-electron chi connectivity index (χ3n) is 2.93. The monoisotopic (exact) mass is 281 g/mol. The van der Waals surface area contributed by atoms with Crippen LogP contribution in [0, 0.1) is 0 Å². The molecule has 104 valence electrons. The highest BCUT2D eigenvalue weighted by Gasteiger charge is 2.18. The Balaban J connectivity index is 2.02. The summed E-state index contributed by atoms with van der Waals surface area (Å²) in [6.45, 7) is 0. The van der Waals surface area contributed by atoms with Gasteiger partial charge in [-0.05, 0) is 0 Å². The minimum Gasteiger partial charge on any atom is -0.479 e. The van der Waals surface area contributed by atoms with E-state index in [-0.39, 0.29) is 23.0 Å². The molecule has 3 N–H and O–H groups in total. The number of aromatic hydroxyl groups is 1. The summed E-state index contributed by atoms with van der Waals surface area (Å²) in [5.41, 5.74) is 6.76. The van der Waals surface area contributed by atoms with E-state index in [2.05, 4.69) is 15.1 Å². The van der Waals surface area contributed by atoms with Gasteiger partial charge in [-0.1, -0.05) is 30.3 Å². The molecule has 21 heavy (non-hydrogen) atoms. The summed E-state index contributed by atoms with van der Waals surface area (Å²) in [4.78, 5) is 19.7. The Hall–Kier alpha value is -3.22. The van der Waals surface area contributed by atoms with Crippen LogP contribution in [-0.2, 0) is 0 Å². The van der Waals surface area contributed by atoms with Gasteiger partial charge in [-0.15, -0.1) is 0 Å². The lowest BCUT2D eigenvalue weighted by molar-refractivity contribution is 0.103. The first-order valence-electron chi connectivity index (χ1n) is 6.12. The molecule has 7 heteroatoms. The first kappa shape index (κ1) is 12.8. The maximum atomic E-state index is 12.4. The Kier molecular flexibility index (Phi) is 3.07. The molecule has 1 aromatic carbocycles. The van der Waals surface area contributed by atoms with E-state index in [0.29, 0.717) is 5.56 Å². The molecule has 0 saturated carbocycles. The minimum atomic E-state index is -0.390. The largest absolute Gasteiger partial charge is 0.479 e.